The van der Waals surface area contributed by atoms with Gasteiger partial charge in [0.1, 0.15) is 5.76 Å². The van der Waals surface area contributed by atoms with E-state index in [1.165, 1.54) is 0 Å². The molecule has 0 aromatic carbocycles. The van der Waals surface area contributed by atoms with Gasteiger partial charge in [-0.2, -0.15) is 5.10 Å². The molecule has 0 unspecified atom stereocenters. The van der Waals surface area contributed by atoms with Crippen molar-refractivity contribution in [1.82, 2.24) is 9.78 Å². The first-order valence-corrected chi connectivity index (χ1v) is 5.99. The van der Waals surface area contributed by atoms with Crippen molar-refractivity contribution in [2.24, 2.45) is 7.05 Å². The lowest BCUT2D eigenvalue weighted by Gasteiger charge is -1.94. The van der Waals surface area contributed by atoms with Crippen LogP contribution in [0.3, 0.4) is 0 Å². The van der Waals surface area contributed by atoms with Crippen LogP contribution in [0.5, 0.6) is 0 Å². The molecule has 2 rings (SSSR count). The summed E-state index contributed by atoms with van der Waals surface area (Å²) in [5.41, 5.74) is 0.652. The lowest BCUT2D eigenvalue weighted by molar-refractivity contribution is 0.0659. The fourth-order valence-corrected chi connectivity index (χ4v) is 2.26. The Kier molecular flexibility index (Phi) is 3.23. The number of thioether (sulfide) groups is 1. The standard InChI is InChI=1S/C11H12N2O3S/c1-7-3-8(16-10(7)11(14)15)6-17-9-4-12-13(2)5-9/h3-5H,6H2,1-2H3,(H,14,15). The third kappa shape index (κ3) is 2.71. The highest BCUT2D eigenvalue weighted by Gasteiger charge is 2.14. The van der Waals surface area contributed by atoms with E-state index >= 15 is 0 Å². The number of hydrogen-bond acceptors (Lipinski definition) is 4. The molecule has 0 spiro atoms. The topological polar surface area (TPSA) is 68.3 Å². The average molecular weight is 252 g/mol. The fraction of sp³-hybridized carbons (Fsp3) is 0.273. The van der Waals surface area contributed by atoms with Gasteiger partial charge in [-0.05, 0) is 13.0 Å². The highest BCUT2D eigenvalue weighted by molar-refractivity contribution is 7.98. The number of aryl methyl sites for hydroxylation is 2. The quantitative estimate of drug-likeness (QED) is 0.846. The minimum atomic E-state index is -1.03. The van der Waals surface area contributed by atoms with E-state index in [1.807, 2.05) is 13.2 Å². The van der Waals surface area contributed by atoms with Crippen LogP contribution in [-0.4, -0.2) is 20.9 Å². The van der Waals surface area contributed by atoms with Gasteiger partial charge in [-0.25, -0.2) is 4.79 Å². The molecule has 5 nitrogen and oxygen atoms in total. The number of aromatic carboxylic acids is 1. The zero-order valence-electron chi connectivity index (χ0n) is 9.51. The van der Waals surface area contributed by atoms with Crippen molar-refractivity contribution in [3.63, 3.8) is 0 Å². The molecule has 0 radical (unpaired) electrons. The molecule has 17 heavy (non-hydrogen) atoms. The molecule has 90 valence electrons. The monoisotopic (exact) mass is 252 g/mol. The smallest absolute Gasteiger partial charge is 0.372 e. The molecule has 0 fully saturated rings. The van der Waals surface area contributed by atoms with Gasteiger partial charge >= 0.3 is 5.97 Å². The highest BCUT2D eigenvalue weighted by atomic mass is 32.2. The third-order valence-corrected chi connectivity index (χ3v) is 3.20. The maximum absolute atomic E-state index is 10.8. The lowest BCUT2D eigenvalue weighted by Crippen LogP contribution is -1.94. The molecular weight excluding hydrogens is 240 g/mol. The van der Waals surface area contributed by atoms with Gasteiger partial charge in [0.25, 0.3) is 0 Å². The lowest BCUT2D eigenvalue weighted by atomic mass is 10.3. The summed E-state index contributed by atoms with van der Waals surface area (Å²) < 4.78 is 6.98. The van der Waals surface area contributed by atoms with Crippen molar-refractivity contribution in [1.29, 1.82) is 0 Å². The first-order chi connectivity index (χ1) is 8.06. The predicted octanol–water partition coefficient (Wildman–Crippen LogP) is 2.31. The van der Waals surface area contributed by atoms with Gasteiger partial charge in [-0.1, -0.05) is 0 Å². The van der Waals surface area contributed by atoms with Crippen molar-refractivity contribution < 1.29 is 14.3 Å². The van der Waals surface area contributed by atoms with Gasteiger partial charge < -0.3 is 9.52 Å². The Morgan fingerprint density at radius 3 is 2.94 bits per heavy atom. The summed E-state index contributed by atoms with van der Waals surface area (Å²) in [6, 6.07) is 1.76. The van der Waals surface area contributed by atoms with E-state index in [1.54, 1.807) is 35.6 Å². The summed E-state index contributed by atoms with van der Waals surface area (Å²) >= 11 is 1.56. The maximum atomic E-state index is 10.8. The van der Waals surface area contributed by atoms with Gasteiger partial charge in [0.15, 0.2) is 0 Å². The number of furan rings is 1. The highest BCUT2D eigenvalue weighted by Crippen LogP contribution is 2.24. The van der Waals surface area contributed by atoms with Gasteiger partial charge in [0.05, 0.1) is 11.9 Å². The van der Waals surface area contributed by atoms with E-state index in [0.29, 0.717) is 17.1 Å². The second kappa shape index (κ2) is 4.67. The molecule has 0 aliphatic rings. The Labute approximate surface area is 102 Å². The molecular formula is C11H12N2O3S. The minimum absolute atomic E-state index is 0.0202. The number of rotatable bonds is 4. The van der Waals surface area contributed by atoms with E-state index < -0.39 is 5.97 Å². The molecule has 2 aromatic heterocycles. The molecule has 0 saturated carbocycles. The molecule has 2 aromatic rings. The minimum Gasteiger partial charge on any atom is -0.475 e. The van der Waals surface area contributed by atoms with Crippen LogP contribution in [0.1, 0.15) is 21.9 Å². The van der Waals surface area contributed by atoms with Crippen LogP contribution in [0.25, 0.3) is 0 Å². The van der Waals surface area contributed by atoms with Gasteiger partial charge in [0.2, 0.25) is 5.76 Å². The summed E-state index contributed by atoms with van der Waals surface area (Å²) in [6.07, 6.45) is 3.66. The number of hydrogen-bond donors (Lipinski definition) is 1. The molecule has 0 atom stereocenters. The van der Waals surface area contributed by atoms with Crippen molar-refractivity contribution in [2.75, 3.05) is 0 Å². The van der Waals surface area contributed by atoms with Gasteiger partial charge in [-0.15, -0.1) is 11.8 Å². The third-order valence-electron chi connectivity index (χ3n) is 2.23. The molecule has 1 N–H and O–H groups in total. The number of carbonyl (C=O) groups is 1. The molecule has 6 heteroatoms. The fourth-order valence-electron chi connectivity index (χ4n) is 1.46. The van der Waals surface area contributed by atoms with E-state index in [-0.39, 0.29) is 5.76 Å². The van der Waals surface area contributed by atoms with Crippen LogP contribution in [0.15, 0.2) is 27.8 Å². The number of aromatic nitrogens is 2. The van der Waals surface area contributed by atoms with Crippen LogP contribution in [-0.2, 0) is 12.8 Å². The summed E-state index contributed by atoms with van der Waals surface area (Å²) in [7, 11) is 1.85. The van der Waals surface area contributed by atoms with Gasteiger partial charge in [0, 0.05) is 23.7 Å². The van der Waals surface area contributed by atoms with E-state index in [9.17, 15) is 4.79 Å². The first kappa shape index (κ1) is 11.8. The Morgan fingerprint density at radius 1 is 1.65 bits per heavy atom. The van der Waals surface area contributed by atoms with Crippen molar-refractivity contribution in [2.45, 2.75) is 17.6 Å². The summed E-state index contributed by atoms with van der Waals surface area (Å²) in [5.74, 6) is 0.250. The van der Waals surface area contributed by atoms with Crippen LogP contribution >= 0.6 is 11.8 Å². The Balaban J connectivity index is 2.04. The summed E-state index contributed by atoms with van der Waals surface area (Å²) in [4.78, 5) is 11.8. The van der Waals surface area contributed by atoms with Crippen LogP contribution < -0.4 is 0 Å². The SMILES string of the molecule is Cc1cc(CSc2cnn(C)c2)oc1C(=O)O. The molecule has 0 amide bonds. The van der Waals surface area contributed by atoms with Crippen molar-refractivity contribution >= 4 is 17.7 Å². The normalized spacial score (nSPS) is 10.7. The van der Waals surface area contributed by atoms with E-state index in [4.69, 9.17) is 9.52 Å². The second-order valence-electron chi connectivity index (χ2n) is 3.67. The summed E-state index contributed by atoms with van der Waals surface area (Å²) in [5, 5.41) is 12.9. The first-order valence-electron chi connectivity index (χ1n) is 5.00. The molecule has 0 aliphatic heterocycles. The molecule has 0 saturated heterocycles. The Bertz CT molecular complexity index is 545. The second-order valence-corrected chi connectivity index (χ2v) is 4.72. The molecule has 2 heterocycles. The van der Waals surface area contributed by atoms with Crippen molar-refractivity contribution in [3.05, 3.63) is 35.5 Å². The zero-order valence-corrected chi connectivity index (χ0v) is 10.3. The Morgan fingerprint density at radius 2 is 2.41 bits per heavy atom. The maximum Gasteiger partial charge on any atom is 0.372 e. The predicted molar refractivity (Wildman–Crippen MR) is 63.2 cm³/mol. The van der Waals surface area contributed by atoms with E-state index in [0.717, 1.165) is 4.90 Å². The summed E-state index contributed by atoms with van der Waals surface area (Å²) in [6.45, 7) is 1.73. The largest absolute Gasteiger partial charge is 0.475 e. The van der Waals surface area contributed by atoms with Crippen LogP contribution in [0.4, 0.5) is 0 Å². The average Bonchev–Trinajstić information content (AvgIpc) is 2.82. The van der Waals surface area contributed by atoms with Crippen LogP contribution in [0, 0.1) is 6.92 Å². The van der Waals surface area contributed by atoms with Crippen LogP contribution in [0.2, 0.25) is 0 Å². The molecule has 0 bridgehead atoms. The number of carboxylic acid groups (broad SMARTS) is 1. The van der Waals surface area contributed by atoms with Gasteiger partial charge in [-0.3, -0.25) is 4.68 Å². The number of nitrogens with zero attached hydrogens (tertiary/aromatic N) is 2. The number of carboxylic acids is 1. The zero-order chi connectivity index (χ0) is 12.4. The molecule has 0 aliphatic carbocycles. The van der Waals surface area contributed by atoms with E-state index in [2.05, 4.69) is 5.10 Å². The van der Waals surface area contributed by atoms with Crippen molar-refractivity contribution in [3.8, 4) is 0 Å². The Hall–Kier alpha value is -1.69.